The van der Waals surface area contributed by atoms with Gasteiger partial charge < -0.3 is 0 Å². The monoisotopic (exact) mass is 274 g/mol. The van der Waals surface area contributed by atoms with Crippen molar-refractivity contribution in [3.05, 3.63) is 58.9 Å². The Kier molecular flexibility index (Phi) is 3.24. The average molecular weight is 274 g/mol. The van der Waals surface area contributed by atoms with Gasteiger partial charge in [-0.2, -0.15) is 10.2 Å². The predicted octanol–water partition coefficient (Wildman–Crippen LogP) is 4.00. The zero-order valence-corrected chi connectivity index (χ0v) is 11.3. The number of hydrogen-bond donors (Lipinski definition) is 0. The number of aryl methyl sites for hydroxylation is 1. The van der Waals surface area contributed by atoms with Gasteiger partial charge in [0.25, 0.3) is 6.43 Å². The zero-order valence-electron chi connectivity index (χ0n) is 11.3. The molecule has 104 valence electrons. The van der Waals surface area contributed by atoms with Gasteiger partial charge in [0.15, 0.2) is 0 Å². The van der Waals surface area contributed by atoms with Gasteiger partial charge in [-0.1, -0.05) is 24.3 Å². The van der Waals surface area contributed by atoms with Crippen LogP contribution in [0.25, 0.3) is 0 Å². The van der Waals surface area contributed by atoms with E-state index in [0.717, 1.165) is 36.2 Å². The van der Waals surface area contributed by atoms with Crippen molar-refractivity contribution in [2.45, 2.75) is 38.0 Å². The lowest BCUT2D eigenvalue weighted by Crippen LogP contribution is -2.12. The van der Waals surface area contributed by atoms with E-state index in [0.29, 0.717) is 0 Å². The Labute approximate surface area is 116 Å². The summed E-state index contributed by atoms with van der Waals surface area (Å²) >= 11 is 0. The summed E-state index contributed by atoms with van der Waals surface area (Å²) < 4.78 is 25.2. The summed E-state index contributed by atoms with van der Waals surface area (Å²) in [5.74, 6) is 0. The Bertz CT molecular complexity index is 587. The molecule has 3 rings (SSSR count). The topological polar surface area (TPSA) is 25.8 Å². The fourth-order valence-electron chi connectivity index (χ4n) is 2.57. The summed E-state index contributed by atoms with van der Waals surface area (Å²) in [6, 6.07) is 10.7. The van der Waals surface area contributed by atoms with E-state index in [-0.39, 0.29) is 11.0 Å². The van der Waals surface area contributed by atoms with Crippen LogP contribution in [0.2, 0.25) is 0 Å². The summed E-state index contributed by atoms with van der Waals surface area (Å²) in [4.78, 5) is 0. The van der Waals surface area contributed by atoms with Crippen molar-refractivity contribution in [1.29, 1.82) is 0 Å². The molecule has 0 N–H and O–H groups in total. The van der Waals surface area contributed by atoms with Crippen LogP contribution in [-0.2, 0) is 11.8 Å². The molecule has 0 amide bonds. The van der Waals surface area contributed by atoms with Gasteiger partial charge in [0.05, 0.1) is 11.4 Å². The molecule has 0 bridgehead atoms. The molecule has 1 saturated carbocycles. The van der Waals surface area contributed by atoms with E-state index in [4.69, 9.17) is 0 Å². The van der Waals surface area contributed by atoms with Crippen molar-refractivity contribution in [2.24, 2.45) is 0 Å². The lowest BCUT2D eigenvalue weighted by atomic mass is 9.90. The summed E-state index contributed by atoms with van der Waals surface area (Å²) in [5.41, 5.74) is 3.15. The molecule has 1 aromatic carbocycles. The number of hydrogen-bond acceptors (Lipinski definition) is 2. The van der Waals surface area contributed by atoms with Gasteiger partial charge in [-0.3, -0.25) is 0 Å². The second-order valence-corrected chi connectivity index (χ2v) is 5.55. The quantitative estimate of drug-likeness (QED) is 0.842. The minimum Gasteiger partial charge on any atom is -0.205 e. The number of benzene rings is 1. The van der Waals surface area contributed by atoms with Crippen LogP contribution in [0, 0.1) is 6.92 Å². The molecular formula is C16H16F2N2. The fraction of sp³-hybridized carbons (Fsp3) is 0.375. The molecule has 1 heterocycles. The molecule has 0 atom stereocenters. The first kappa shape index (κ1) is 13.2. The number of halogens is 2. The molecule has 0 unspecified atom stereocenters. The summed E-state index contributed by atoms with van der Waals surface area (Å²) in [6.45, 7) is 1.91. The minimum atomic E-state index is -2.40. The predicted molar refractivity (Wildman–Crippen MR) is 72.8 cm³/mol. The van der Waals surface area contributed by atoms with E-state index in [1.165, 1.54) is 12.1 Å². The summed E-state index contributed by atoms with van der Waals surface area (Å²) in [6.07, 6.45) is 0.587. The van der Waals surface area contributed by atoms with Crippen LogP contribution in [0.5, 0.6) is 0 Å². The van der Waals surface area contributed by atoms with Crippen molar-refractivity contribution in [2.75, 3.05) is 0 Å². The van der Waals surface area contributed by atoms with E-state index in [2.05, 4.69) is 10.2 Å². The normalized spacial score (nSPS) is 16.4. The van der Waals surface area contributed by atoms with Crippen LogP contribution in [0.15, 0.2) is 36.4 Å². The lowest BCUT2D eigenvalue weighted by molar-refractivity contribution is 0.151. The largest absolute Gasteiger partial charge is 0.263 e. The third-order valence-corrected chi connectivity index (χ3v) is 4.00. The van der Waals surface area contributed by atoms with Crippen molar-refractivity contribution < 1.29 is 8.78 Å². The van der Waals surface area contributed by atoms with Gasteiger partial charge >= 0.3 is 0 Å². The SMILES string of the molecule is Cc1ccc(CC2(c3ccc(C(F)F)cc3)CC2)nn1. The van der Waals surface area contributed by atoms with Gasteiger partial charge in [0.1, 0.15) is 0 Å². The first-order valence-corrected chi connectivity index (χ1v) is 6.77. The number of aromatic nitrogens is 2. The van der Waals surface area contributed by atoms with Crippen LogP contribution in [0.4, 0.5) is 8.78 Å². The van der Waals surface area contributed by atoms with Crippen molar-refractivity contribution in [3.8, 4) is 0 Å². The van der Waals surface area contributed by atoms with E-state index >= 15 is 0 Å². The zero-order chi connectivity index (χ0) is 14.2. The fourth-order valence-corrected chi connectivity index (χ4v) is 2.57. The lowest BCUT2D eigenvalue weighted by Gasteiger charge is -2.15. The van der Waals surface area contributed by atoms with Crippen molar-refractivity contribution >= 4 is 0 Å². The standard InChI is InChI=1S/C16H16F2N2/c1-11-2-7-14(20-19-11)10-16(8-9-16)13-5-3-12(4-6-13)15(17)18/h2-7,15H,8-10H2,1H3. The van der Waals surface area contributed by atoms with E-state index in [9.17, 15) is 8.78 Å². The van der Waals surface area contributed by atoms with Crippen LogP contribution in [0.1, 0.15) is 41.8 Å². The molecule has 1 aliphatic carbocycles. The van der Waals surface area contributed by atoms with Gasteiger partial charge in [0.2, 0.25) is 0 Å². The van der Waals surface area contributed by atoms with Gasteiger partial charge in [-0.25, -0.2) is 8.78 Å². The Morgan fingerprint density at radius 3 is 2.25 bits per heavy atom. The first-order chi connectivity index (χ1) is 9.59. The highest BCUT2D eigenvalue weighted by Crippen LogP contribution is 2.50. The van der Waals surface area contributed by atoms with Gasteiger partial charge in [-0.15, -0.1) is 0 Å². The van der Waals surface area contributed by atoms with Crippen LogP contribution in [0.3, 0.4) is 0 Å². The molecule has 20 heavy (non-hydrogen) atoms. The molecule has 1 aliphatic rings. The highest BCUT2D eigenvalue weighted by Gasteiger charge is 2.44. The molecule has 2 aromatic rings. The molecule has 0 radical (unpaired) electrons. The Morgan fingerprint density at radius 1 is 1.05 bits per heavy atom. The maximum absolute atomic E-state index is 12.6. The van der Waals surface area contributed by atoms with Crippen LogP contribution >= 0.6 is 0 Å². The summed E-state index contributed by atoms with van der Waals surface area (Å²) in [7, 11) is 0. The second kappa shape index (κ2) is 4.93. The van der Waals surface area contributed by atoms with E-state index in [1.807, 2.05) is 31.2 Å². The molecule has 4 heteroatoms. The first-order valence-electron chi connectivity index (χ1n) is 6.77. The molecule has 1 aromatic heterocycles. The molecule has 0 aliphatic heterocycles. The number of rotatable bonds is 4. The maximum atomic E-state index is 12.6. The summed E-state index contributed by atoms with van der Waals surface area (Å²) in [5, 5.41) is 8.28. The van der Waals surface area contributed by atoms with E-state index in [1.54, 1.807) is 0 Å². The van der Waals surface area contributed by atoms with Crippen molar-refractivity contribution in [1.82, 2.24) is 10.2 Å². The number of alkyl halides is 2. The van der Waals surface area contributed by atoms with Crippen LogP contribution in [-0.4, -0.2) is 10.2 Å². The highest BCUT2D eigenvalue weighted by atomic mass is 19.3. The van der Waals surface area contributed by atoms with Gasteiger partial charge in [0, 0.05) is 17.4 Å². The number of nitrogens with zero attached hydrogens (tertiary/aromatic N) is 2. The average Bonchev–Trinajstić information content (AvgIpc) is 3.22. The van der Waals surface area contributed by atoms with Crippen molar-refractivity contribution in [3.63, 3.8) is 0 Å². The molecule has 0 saturated heterocycles. The molecule has 0 spiro atoms. The Hall–Kier alpha value is -1.84. The van der Waals surface area contributed by atoms with E-state index < -0.39 is 6.43 Å². The molecular weight excluding hydrogens is 258 g/mol. The van der Waals surface area contributed by atoms with Crippen LogP contribution < -0.4 is 0 Å². The molecule has 1 fully saturated rings. The Morgan fingerprint density at radius 2 is 1.75 bits per heavy atom. The third kappa shape index (κ3) is 2.55. The third-order valence-electron chi connectivity index (χ3n) is 4.00. The minimum absolute atomic E-state index is 0.0740. The second-order valence-electron chi connectivity index (χ2n) is 5.55. The van der Waals surface area contributed by atoms with Gasteiger partial charge in [-0.05, 0) is 37.5 Å². The smallest absolute Gasteiger partial charge is 0.205 e. The molecule has 2 nitrogen and oxygen atoms in total. The highest BCUT2D eigenvalue weighted by molar-refractivity contribution is 5.35. The maximum Gasteiger partial charge on any atom is 0.263 e. The Balaban J connectivity index is 1.80.